The normalized spacial score (nSPS) is 10.2. The van der Waals surface area contributed by atoms with Gasteiger partial charge in [0, 0.05) is 29.1 Å². The van der Waals surface area contributed by atoms with Crippen LogP contribution in [0.15, 0.2) is 41.3 Å². The van der Waals surface area contributed by atoms with Crippen molar-refractivity contribution in [1.29, 1.82) is 0 Å². The zero-order valence-electron chi connectivity index (χ0n) is 9.65. The van der Waals surface area contributed by atoms with Gasteiger partial charge in [0.1, 0.15) is 0 Å². The fourth-order valence-corrected chi connectivity index (χ4v) is 1.87. The van der Waals surface area contributed by atoms with E-state index in [1.54, 1.807) is 6.20 Å². The van der Waals surface area contributed by atoms with Crippen molar-refractivity contribution in [3.8, 4) is 0 Å². The van der Waals surface area contributed by atoms with Crippen LogP contribution in [0.4, 0.5) is 5.69 Å². The Labute approximate surface area is 109 Å². The molecule has 2 aromatic heterocycles. The molecule has 0 amide bonds. The molecule has 1 N–H and O–H groups in total. The first-order chi connectivity index (χ1) is 8.24. The lowest BCUT2D eigenvalue weighted by atomic mass is 10.2. The molecule has 0 atom stereocenters. The molecule has 3 nitrogen and oxygen atoms in total. The number of hydrogen-bond acceptors (Lipinski definition) is 3. The highest BCUT2D eigenvalue weighted by Gasteiger charge is 1.96. The molecule has 0 saturated carbocycles. The first kappa shape index (κ1) is 12.0. The second-order valence-electron chi connectivity index (χ2n) is 3.88. The third kappa shape index (κ3) is 3.82. The lowest BCUT2D eigenvalue weighted by Gasteiger charge is -2.06. The Morgan fingerprint density at radius 3 is 2.82 bits per heavy atom. The monoisotopic (exact) mass is 291 g/mol. The second-order valence-corrected chi connectivity index (χ2v) is 4.79. The highest BCUT2D eigenvalue weighted by molar-refractivity contribution is 9.10. The Hall–Kier alpha value is -1.42. The van der Waals surface area contributed by atoms with Gasteiger partial charge in [-0.05, 0) is 47.0 Å². The highest BCUT2D eigenvalue weighted by atomic mass is 79.9. The molecule has 0 radical (unpaired) electrons. The molecule has 0 unspecified atom stereocenters. The van der Waals surface area contributed by atoms with Gasteiger partial charge in [-0.15, -0.1) is 0 Å². The molecule has 0 bridgehead atoms. The maximum atomic E-state index is 4.27. The molecule has 2 heterocycles. The van der Waals surface area contributed by atoms with Crippen LogP contribution in [0, 0.1) is 6.92 Å². The molecule has 0 spiro atoms. The summed E-state index contributed by atoms with van der Waals surface area (Å²) in [6.07, 6.45) is 6.48. The van der Waals surface area contributed by atoms with E-state index in [4.69, 9.17) is 0 Å². The SMILES string of the molecule is Cc1ccc(CCNc2cncc(Br)c2)cn1. The molecule has 0 saturated heterocycles. The van der Waals surface area contributed by atoms with E-state index < -0.39 is 0 Å². The van der Waals surface area contributed by atoms with Crippen LogP contribution in [0.2, 0.25) is 0 Å². The van der Waals surface area contributed by atoms with Crippen molar-refractivity contribution >= 4 is 21.6 Å². The predicted molar refractivity (Wildman–Crippen MR) is 73.1 cm³/mol. The fourth-order valence-electron chi connectivity index (χ4n) is 1.51. The summed E-state index contributed by atoms with van der Waals surface area (Å²) in [4.78, 5) is 8.37. The summed E-state index contributed by atoms with van der Waals surface area (Å²) in [5, 5.41) is 3.33. The fraction of sp³-hybridized carbons (Fsp3) is 0.231. The van der Waals surface area contributed by atoms with Gasteiger partial charge in [-0.3, -0.25) is 9.97 Å². The molecule has 0 aliphatic carbocycles. The van der Waals surface area contributed by atoms with E-state index >= 15 is 0 Å². The number of anilines is 1. The molecule has 17 heavy (non-hydrogen) atoms. The van der Waals surface area contributed by atoms with Gasteiger partial charge in [0.25, 0.3) is 0 Å². The summed E-state index contributed by atoms with van der Waals surface area (Å²) in [7, 11) is 0. The van der Waals surface area contributed by atoms with E-state index in [1.165, 1.54) is 5.56 Å². The number of rotatable bonds is 4. The minimum absolute atomic E-state index is 0.878. The number of nitrogens with zero attached hydrogens (tertiary/aromatic N) is 2. The first-order valence-electron chi connectivity index (χ1n) is 5.50. The van der Waals surface area contributed by atoms with E-state index in [1.807, 2.05) is 31.5 Å². The molecule has 0 aliphatic heterocycles. The van der Waals surface area contributed by atoms with E-state index in [0.717, 1.165) is 28.8 Å². The van der Waals surface area contributed by atoms with Crippen LogP contribution in [-0.2, 0) is 6.42 Å². The van der Waals surface area contributed by atoms with Crippen LogP contribution in [0.3, 0.4) is 0 Å². The van der Waals surface area contributed by atoms with Gasteiger partial charge in [0.15, 0.2) is 0 Å². The average Bonchev–Trinajstić information content (AvgIpc) is 2.32. The van der Waals surface area contributed by atoms with Crippen LogP contribution in [0.25, 0.3) is 0 Å². The molecule has 0 fully saturated rings. The predicted octanol–water partition coefficient (Wildman–Crippen LogP) is 3.20. The van der Waals surface area contributed by atoms with E-state index in [0.29, 0.717) is 0 Å². The van der Waals surface area contributed by atoms with E-state index in [-0.39, 0.29) is 0 Å². The van der Waals surface area contributed by atoms with Crippen molar-refractivity contribution in [3.63, 3.8) is 0 Å². The Balaban J connectivity index is 1.85. The maximum Gasteiger partial charge on any atom is 0.0538 e. The van der Waals surface area contributed by atoms with Crippen LogP contribution >= 0.6 is 15.9 Å². The minimum atomic E-state index is 0.878. The summed E-state index contributed by atoms with van der Waals surface area (Å²) in [5.41, 5.74) is 3.32. The standard InChI is InChI=1S/C13H14BrN3/c1-10-2-3-11(7-17-10)4-5-16-13-6-12(14)8-15-9-13/h2-3,6-9,16H,4-5H2,1H3. The minimum Gasteiger partial charge on any atom is -0.383 e. The smallest absolute Gasteiger partial charge is 0.0538 e. The van der Waals surface area contributed by atoms with Crippen molar-refractivity contribution in [2.24, 2.45) is 0 Å². The van der Waals surface area contributed by atoms with Crippen LogP contribution < -0.4 is 5.32 Å². The molecular formula is C13H14BrN3. The Kier molecular flexibility index (Phi) is 4.09. The largest absolute Gasteiger partial charge is 0.383 e. The topological polar surface area (TPSA) is 37.8 Å². The van der Waals surface area contributed by atoms with Gasteiger partial charge < -0.3 is 5.32 Å². The van der Waals surface area contributed by atoms with Gasteiger partial charge in [-0.1, -0.05) is 6.07 Å². The summed E-state index contributed by atoms with van der Waals surface area (Å²) in [5.74, 6) is 0. The Morgan fingerprint density at radius 2 is 2.12 bits per heavy atom. The molecule has 4 heteroatoms. The quantitative estimate of drug-likeness (QED) is 0.940. The van der Waals surface area contributed by atoms with Crippen molar-refractivity contribution in [1.82, 2.24) is 9.97 Å². The maximum absolute atomic E-state index is 4.27. The van der Waals surface area contributed by atoms with Crippen molar-refractivity contribution in [2.45, 2.75) is 13.3 Å². The average molecular weight is 292 g/mol. The van der Waals surface area contributed by atoms with Gasteiger partial charge in [-0.2, -0.15) is 0 Å². The number of pyridine rings is 2. The number of nitrogens with one attached hydrogen (secondary N) is 1. The second kappa shape index (κ2) is 5.77. The van der Waals surface area contributed by atoms with Gasteiger partial charge >= 0.3 is 0 Å². The molecule has 88 valence electrons. The van der Waals surface area contributed by atoms with Gasteiger partial charge in [0.05, 0.1) is 11.9 Å². The van der Waals surface area contributed by atoms with E-state index in [9.17, 15) is 0 Å². The molecule has 0 aromatic carbocycles. The van der Waals surface area contributed by atoms with E-state index in [2.05, 4.69) is 37.3 Å². The number of aryl methyl sites for hydroxylation is 1. The zero-order chi connectivity index (χ0) is 12.1. The third-order valence-electron chi connectivity index (χ3n) is 2.42. The summed E-state index contributed by atoms with van der Waals surface area (Å²) in [6.45, 7) is 2.87. The summed E-state index contributed by atoms with van der Waals surface area (Å²) in [6, 6.07) is 6.17. The van der Waals surface area contributed by atoms with Gasteiger partial charge in [0.2, 0.25) is 0 Å². The summed E-state index contributed by atoms with van der Waals surface area (Å²) < 4.78 is 0.986. The molecule has 0 aliphatic rings. The number of aromatic nitrogens is 2. The molecule has 2 aromatic rings. The van der Waals surface area contributed by atoms with Crippen LogP contribution in [-0.4, -0.2) is 16.5 Å². The first-order valence-corrected chi connectivity index (χ1v) is 6.29. The lowest BCUT2D eigenvalue weighted by Crippen LogP contribution is -2.05. The van der Waals surface area contributed by atoms with Crippen molar-refractivity contribution in [3.05, 3.63) is 52.5 Å². The van der Waals surface area contributed by atoms with Crippen molar-refractivity contribution in [2.75, 3.05) is 11.9 Å². The summed E-state index contributed by atoms with van der Waals surface area (Å²) >= 11 is 3.39. The van der Waals surface area contributed by atoms with Crippen LogP contribution in [0.5, 0.6) is 0 Å². The number of hydrogen-bond donors (Lipinski definition) is 1. The van der Waals surface area contributed by atoms with Crippen LogP contribution in [0.1, 0.15) is 11.3 Å². The molecular weight excluding hydrogens is 278 g/mol. The Morgan fingerprint density at radius 1 is 1.24 bits per heavy atom. The van der Waals surface area contributed by atoms with Crippen molar-refractivity contribution < 1.29 is 0 Å². The van der Waals surface area contributed by atoms with Gasteiger partial charge in [-0.25, -0.2) is 0 Å². The number of halogens is 1. The molecule has 2 rings (SSSR count). The lowest BCUT2D eigenvalue weighted by molar-refractivity contribution is 0.994. The Bertz CT molecular complexity index is 482. The third-order valence-corrected chi connectivity index (χ3v) is 2.85. The highest BCUT2D eigenvalue weighted by Crippen LogP contribution is 2.13. The zero-order valence-corrected chi connectivity index (χ0v) is 11.2.